The van der Waals surface area contributed by atoms with Crippen LogP contribution < -0.4 is 4.74 Å². The maximum absolute atomic E-state index is 5.58. The van der Waals surface area contributed by atoms with E-state index in [0.29, 0.717) is 5.88 Å². The zero-order chi connectivity index (χ0) is 11.1. The zero-order valence-corrected chi connectivity index (χ0v) is 11.0. The van der Waals surface area contributed by atoms with Gasteiger partial charge in [-0.25, -0.2) is 0 Å². The number of ether oxygens (including phenoxy) is 1. The van der Waals surface area contributed by atoms with E-state index in [1.807, 2.05) is 12.1 Å². The maximum Gasteiger partial charge on any atom is 0.122 e. The van der Waals surface area contributed by atoms with Crippen LogP contribution in [0, 0.1) is 0 Å². The predicted octanol–water partition coefficient (Wildman–Crippen LogP) is 4.19. The van der Waals surface area contributed by atoms with Crippen LogP contribution in [-0.2, 0) is 6.42 Å². The lowest BCUT2D eigenvalue weighted by Crippen LogP contribution is -1.90. The standard InChI is InChI=1S/C12H14BrClO/c1-15-12-7-6-11(13)9-10(12)5-3-2-4-8-14/h2-3,6-7,9H,4-5,8H2,1H3. The van der Waals surface area contributed by atoms with E-state index in [0.717, 1.165) is 23.1 Å². The first-order valence-electron chi connectivity index (χ1n) is 4.81. The van der Waals surface area contributed by atoms with Crippen molar-refractivity contribution in [2.45, 2.75) is 12.8 Å². The van der Waals surface area contributed by atoms with Gasteiger partial charge in [-0.3, -0.25) is 0 Å². The Morgan fingerprint density at radius 3 is 2.87 bits per heavy atom. The van der Waals surface area contributed by atoms with Gasteiger partial charge in [-0.15, -0.1) is 11.6 Å². The van der Waals surface area contributed by atoms with Gasteiger partial charge in [0.25, 0.3) is 0 Å². The summed E-state index contributed by atoms with van der Waals surface area (Å²) in [5.41, 5.74) is 1.18. The molecule has 1 nitrogen and oxygen atoms in total. The monoisotopic (exact) mass is 288 g/mol. The highest BCUT2D eigenvalue weighted by molar-refractivity contribution is 9.10. The number of benzene rings is 1. The summed E-state index contributed by atoms with van der Waals surface area (Å²) in [6, 6.07) is 6.02. The molecule has 0 aromatic heterocycles. The van der Waals surface area contributed by atoms with Gasteiger partial charge >= 0.3 is 0 Å². The van der Waals surface area contributed by atoms with Gasteiger partial charge in [0.15, 0.2) is 0 Å². The second-order valence-electron chi connectivity index (χ2n) is 3.11. The Bertz CT molecular complexity index is 336. The Morgan fingerprint density at radius 2 is 2.20 bits per heavy atom. The average molecular weight is 290 g/mol. The summed E-state index contributed by atoms with van der Waals surface area (Å²) in [5.74, 6) is 1.60. The topological polar surface area (TPSA) is 9.23 Å². The van der Waals surface area contributed by atoms with Crippen molar-refractivity contribution in [2.75, 3.05) is 13.0 Å². The van der Waals surface area contributed by atoms with Crippen molar-refractivity contribution in [1.82, 2.24) is 0 Å². The van der Waals surface area contributed by atoms with Crippen molar-refractivity contribution in [3.05, 3.63) is 40.4 Å². The third-order valence-corrected chi connectivity index (χ3v) is 2.73. The minimum absolute atomic E-state index is 0.673. The predicted molar refractivity (Wildman–Crippen MR) is 68.9 cm³/mol. The Balaban J connectivity index is 2.69. The van der Waals surface area contributed by atoms with Crippen LogP contribution in [-0.4, -0.2) is 13.0 Å². The van der Waals surface area contributed by atoms with Gasteiger partial charge < -0.3 is 4.74 Å². The van der Waals surface area contributed by atoms with E-state index in [2.05, 4.69) is 34.1 Å². The summed E-state index contributed by atoms with van der Waals surface area (Å²) < 4.78 is 6.35. The second-order valence-corrected chi connectivity index (χ2v) is 4.40. The number of hydrogen-bond donors (Lipinski definition) is 0. The van der Waals surface area contributed by atoms with E-state index in [1.54, 1.807) is 7.11 Å². The highest BCUT2D eigenvalue weighted by Crippen LogP contribution is 2.23. The highest BCUT2D eigenvalue weighted by atomic mass is 79.9. The lowest BCUT2D eigenvalue weighted by Gasteiger charge is -2.06. The Hall–Kier alpha value is -0.470. The van der Waals surface area contributed by atoms with Crippen LogP contribution in [0.25, 0.3) is 0 Å². The molecule has 0 amide bonds. The molecule has 0 unspecified atom stereocenters. The molecule has 15 heavy (non-hydrogen) atoms. The van der Waals surface area contributed by atoms with Crippen molar-refractivity contribution >= 4 is 27.5 Å². The molecule has 0 saturated carbocycles. The summed E-state index contributed by atoms with van der Waals surface area (Å²) in [6.45, 7) is 0. The molecular formula is C12H14BrClO. The highest BCUT2D eigenvalue weighted by Gasteiger charge is 2.01. The summed E-state index contributed by atoms with van der Waals surface area (Å²) >= 11 is 9.03. The number of methoxy groups -OCH3 is 1. The van der Waals surface area contributed by atoms with Crippen molar-refractivity contribution in [3.8, 4) is 5.75 Å². The van der Waals surface area contributed by atoms with E-state index < -0.39 is 0 Å². The van der Waals surface area contributed by atoms with Gasteiger partial charge in [-0.2, -0.15) is 0 Å². The molecule has 0 spiro atoms. The maximum atomic E-state index is 5.58. The lowest BCUT2D eigenvalue weighted by molar-refractivity contribution is 0.410. The second kappa shape index (κ2) is 6.91. The van der Waals surface area contributed by atoms with Crippen LogP contribution in [0.3, 0.4) is 0 Å². The van der Waals surface area contributed by atoms with E-state index in [1.165, 1.54) is 5.56 Å². The van der Waals surface area contributed by atoms with Crippen LogP contribution in [0.15, 0.2) is 34.8 Å². The molecule has 0 radical (unpaired) electrons. The van der Waals surface area contributed by atoms with E-state index in [4.69, 9.17) is 16.3 Å². The van der Waals surface area contributed by atoms with E-state index in [9.17, 15) is 0 Å². The van der Waals surface area contributed by atoms with Gasteiger partial charge in [-0.1, -0.05) is 28.1 Å². The van der Waals surface area contributed by atoms with Crippen LogP contribution in [0.5, 0.6) is 5.75 Å². The first-order valence-corrected chi connectivity index (χ1v) is 6.14. The van der Waals surface area contributed by atoms with Crippen molar-refractivity contribution in [1.29, 1.82) is 0 Å². The first kappa shape index (κ1) is 12.6. The van der Waals surface area contributed by atoms with Gasteiger partial charge in [0.2, 0.25) is 0 Å². The third kappa shape index (κ3) is 4.27. The molecule has 0 bridgehead atoms. The largest absolute Gasteiger partial charge is 0.496 e. The molecule has 0 heterocycles. The summed E-state index contributed by atoms with van der Waals surface area (Å²) in [5, 5.41) is 0. The number of rotatable bonds is 5. The molecule has 0 atom stereocenters. The summed E-state index contributed by atoms with van der Waals surface area (Å²) in [7, 11) is 1.69. The number of alkyl halides is 1. The van der Waals surface area contributed by atoms with Crippen LogP contribution in [0.4, 0.5) is 0 Å². The fourth-order valence-electron chi connectivity index (χ4n) is 1.30. The number of halogens is 2. The molecule has 3 heteroatoms. The van der Waals surface area contributed by atoms with E-state index in [-0.39, 0.29) is 0 Å². The van der Waals surface area contributed by atoms with Gasteiger partial charge in [0, 0.05) is 10.4 Å². The van der Waals surface area contributed by atoms with Gasteiger partial charge in [0.05, 0.1) is 7.11 Å². The smallest absolute Gasteiger partial charge is 0.122 e. The summed E-state index contributed by atoms with van der Waals surface area (Å²) in [6.07, 6.45) is 6.00. The molecular weight excluding hydrogens is 275 g/mol. The fourth-order valence-corrected chi connectivity index (χ4v) is 1.83. The minimum Gasteiger partial charge on any atom is -0.496 e. The van der Waals surface area contributed by atoms with Gasteiger partial charge in [0.1, 0.15) is 5.75 Å². The van der Waals surface area contributed by atoms with Crippen LogP contribution in [0.2, 0.25) is 0 Å². The Morgan fingerprint density at radius 1 is 1.40 bits per heavy atom. The number of allylic oxidation sites excluding steroid dienone is 2. The molecule has 1 aromatic rings. The molecule has 0 saturated heterocycles. The summed E-state index contributed by atoms with van der Waals surface area (Å²) in [4.78, 5) is 0. The third-order valence-electron chi connectivity index (χ3n) is 2.02. The molecule has 1 aromatic carbocycles. The molecule has 0 aliphatic carbocycles. The molecule has 1 rings (SSSR count). The quantitative estimate of drug-likeness (QED) is 0.583. The molecule has 0 aliphatic heterocycles. The zero-order valence-electron chi connectivity index (χ0n) is 8.67. The minimum atomic E-state index is 0.673. The molecule has 82 valence electrons. The number of hydrogen-bond acceptors (Lipinski definition) is 1. The Kier molecular flexibility index (Phi) is 5.81. The molecule has 0 fully saturated rings. The van der Waals surface area contributed by atoms with Crippen molar-refractivity contribution in [3.63, 3.8) is 0 Å². The molecule has 0 aliphatic rings. The lowest BCUT2D eigenvalue weighted by atomic mass is 10.1. The Labute approximate surface area is 104 Å². The van der Waals surface area contributed by atoms with Crippen LogP contribution in [0.1, 0.15) is 12.0 Å². The first-order chi connectivity index (χ1) is 7.27. The fraction of sp³-hybridized carbons (Fsp3) is 0.333. The SMILES string of the molecule is COc1ccc(Br)cc1CC=CCCCl. The van der Waals surface area contributed by atoms with Crippen molar-refractivity contribution < 1.29 is 4.74 Å². The van der Waals surface area contributed by atoms with Crippen LogP contribution >= 0.6 is 27.5 Å². The van der Waals surface area contributed by atoms with Crippen molar-refractivity contribution in [2.24, 2.45) is 0 Å². The normalized spacial score (nSPS) is 10.9. The van der Waals surface area contributed by atoms with Gasteiger partial charge in [-0.05, 0) is 36.6 Å². The van der Waals surface area contributed by atoms with E-state index >= 15 is 0 Å². The average Bonchev–Trinajstić information content (AvgIpc) is 2.25. The molecule has 0 N–H and O–H groups in total.